The summed E-state index contributed by atoms with van der Waals surface area (Å²) in [5, 5.41) is 0. The molecule has 0 spiro atoms. The molecule has 0 N–H and O–H groups in total. The van der Waals surface area contributed by atoms with E-state index < -0.39 is 0 Å². The summed E-state index contributed by atoms with van der Waals surface area (Å²) in [5.74, 6) is 0. The summed E-state index contributed by atoms with van der Waals surface area (Å²) in [6.45, 7) is 7.93. The van der Waals surface area contributed by atoms with Crippen LogP contribution < -0.4 is 0 Å². The second-order valence-corrected chi connectivity index (χ2v) is 5.67. The topological polar surface area (TPSA) is 32.8 Å². The minimum absolute atomic E-state index is 0.150. The standard InChI is InChI=1S/C13H24N2O2/c1-12-9-14(2)5-6-15(12)10-13(11-16)3-7-17-8-4-13/h11-12H,3-10H2,1-2H3. The maximum absolute atomic E-state index is 11.4. The molecule has 0 aliphatic carbocycles. The van der Waals surface area contributed by atoms with Crippen molar-refractivity contribution in [1.82, 2.24) is 9.80 Å². The predicted octanol–water partition coefficient (Wildman–Crippen LogP) is 0.618. The number of likely N-dealkylation sites (N-methyl/N-ethyl adjacent to an activating group) is 1. The molecule has 2 saturated heterocycles. The average molecular weight is 240 g/mol. The molecule has 2 rings (SSSR count). The first-order chi connectivity index (χ1) is 8.15. The van der Waals surface area contributed by atoms with E-state index in [1.807, 2.05) is 0 Å². The van der Waals surface area contributed by atoms with Crippen molar-refractivity contribution in [2.24, 2.45) is 5.41 Å². The Labute approximate surface area is 104 Å². The first kappa shape index (κ1) is 13.0. The fourth-order valence-corrected chi connectivity index (χ4v) is 2.91. The van der Waals surface area contributed by atoms with Crippen LogP contribution in [0.5, 0.6) is 0 Å². The van der Waals surface area contributed by atoms with Crippen molar-refractivity contribution in [3.8, 4) is 0 Å². The molecule has 1 atom stereocenters. The number of nitrogens with zero attached hydrogens (tertiary/aromatic N) is 2. The van der Waals surface area contributed by atoms with E-state index in [1.165, 1.54) is 6.29 Å². The molecule has 0 aromatic rings. The third kappa shape index (κ3) is 3.06. The van der Waals surface area contributed by atoms with E-state index in [9.17, 15) is 4.79 Å². The number of carbonyl (C=O) groups is 1. The highest BCUT2D eigenvalue weighted by atomic mass is 16.5. The van der Waals surface area contributed by atoms with Crippen LogP contribution in [0.3, 0.4) is 0 Å². The summed E-state index contributed by atoms with van der Waals surface area (Å²) in [7, 11) is 2.16. The smallest absolute Gasteiger partial charge is 0.127 e. The summed E-state index contributed by atoms with van der Waals surface area (Å²) in [6.07, 6.45) is 2.95. The van der Waals surface area contributed by atoms with E-state index in [1.54, 1.807) is 0 Å². The normalized spacial score (nSPS) is 31.3. The molecule has 0 saturated carbocycles. The zero-order valence-corrected chi connectivity index (χ0v) is 11.0. The largest absolute Gasteiger partial charge is 0.381 e. The van der Waals surface area contributed by atoms with Gasteiger partial charge in [0.1, 0.15) is 6.29 Å². The second kappa shape index (κ2) is 5.46. The SMILES string of the molecule is CC1CN(C)CCN1CC1(C=O)CCOCC1. The number of aldehydes is 1. The average Bonchev–Trinajstić information content (AvgIpc) is 2.34. The molecule has 2 heterocycles. The highest BCUT2D eigenvalue weighted by Crippen LogP contribution is 2.30. The number of carbonyl (C=O) groups excluding carboxylic acids is 1. The van der Waals surface area contributed by atoms with Crippen LogP contribution in [0, 0.1) is 5.41 Å². The molecule has 98 valence electrons. The van der Waals surface area contributed by atoms with Crippen molar-refractivity contribution >= 4 is 6.29 Å². The van der Waals surface area contributed by atoms with E-state index in [0.29, 0.717) is 6.04 Å². The summed E-state index contributed by atoms with van der Waals surface area (Å²) in [5.41, 5.74) is -0.150. The lowest BCUT2D eigenvalue weighted by atomic mass is 9.81. The van der Waals surface area contributed by atoms with Crippen molar-refractivity contribution in [2.75, 3.05) is 46.4 Å². The van der Waals surface area contributed by atoms with Crippen LogP contribution in [0.15, 0.2) is 0 Å². The molecule has 1 unspecified atom stereocenters. The minimum atomic E-state index is -0.150. The van der Waals surface area contributed by atoms with Gasteiger partial charge in [-0.3, -0.25) is 4.90 Å². The summed E-state index contributed by atoms with van der Waals surface area (Å²) < 4.78 is 5.37. The number of piperazine rings is 1. The Morgan fingerprint density at radius 3 is 2.65 bits per heavy atom. The Balaban J connectivity index is 1.96. The van der Waals surface area contributed by atoms with Gasteiger partial charge >= 0.3 is 0 Å². The van der Waals surface area contributed by atoms with Gasteiger partial charge in [0.05, 0.1) is 0 Å². The second-order valence-electron chi connectivity index (χ2n) is 5.67. The first-order valence-corrected chi connectivity index (χ1v) is 6.62. The minimum Gasteiger partial charge on any atom is -0.381 e. The van der Waals surface area contributed by atoms with Crippen molar-refractivity contribution < 1.29 is 9.53 Å². The Morgan fingerprint density at radius 1 is 1.35 bits per heavy atom. The van der Waals surface area contributed by atoms with Gasteiger partial charge in [0.25, 0.3) is 0 Å². The molecule has 2 aliphatic heterocycles. The first-order valence-electron chi connectivity index (χ1n) is 6.62. The van der Waals surface area contributed by atoms with Crippen LogP contribution in [0.1, 0.15) is 19.8 Å². The molecule has 4 heteroatoms. The fraction of sp³-hybridized carbons (Fsp3) is 0.923. The molecule has 4 nitrogen and oxygen atoms in total. The van der Waals surface area contributed by atoms with Gasteiger partial charge in [-0.05, 0) is 26.8 Å². The van der Waals surface area contributed by atoms with Gasteiger partial charge in [-0.25, -0.2) is 0 Å². The van der Waals surface area contributed by atoms with Crippen molar-refractivity contribution in [1.29, 1.82) is 0 Å². The molecule has 0 aromatic heterocycles. The van der Waals surface area contributed by atoms with Crippen LogP contribution in [0.25, 0.3) is 0 Å². The van der Waals surface area contributed by atoms with E-state index in [-0.39, 0.29) is 5.41 Å². The summed E-state index contributed by atoms with van der Waals surface area (Å²) >= 11 is 0. The molecule has 17 heavy (non-hydrogen) atoms. The van der Waals surface area contributed by atoms with E-state index in [2.05, 4.69) is 23.8 Å². The zero-order chi connectivity index (χ0) is 12.3. The summed E-state index contributed by atoms with van der Waals surface area (Å²) in [4.78, 5) is 16.3. The number of hydrogen-bond acceptors (Lipinski definition) is 4. The quantitative estimate of drug-likeness (QED) is 0.677. The van der Waals surface area contributed by atoms with Gasteiger partial charge in [-0.2, -0.15) is 0 Å². The lowest BCUT2D eigenvalue weighted by molar-refractivity contribution is -0.124. The Hall–Kier alpha value is -0.450. The van der Waals surface area contributed by atoms with Crippen LogP contribution in [0.2, 0.25) is 0 Å². The molecule has 0 amide bonds. The van der Waals surface area contributed by atoms with E-state index >= 15 is 0 Å². The maximum atomic E-state index is 11.4. The molecule has 0 radical (unpaired) electrons. The molecule has 0 aromatic carbocycles. The van der Waals surface area contributed by atoms with Crippen molar-refractivity contribution in [2.45, 2.75) is 25.8 Å². The van der Waals surface area contributed by atoms with Gasteiger partial charge in [0, 0.05) is 50.8 Å². The lowest BCUT2D eigenvalue weighted by Crippen LogP contribution is -2.54. The number of hydrogen-bond donors (Lipinski definition) is 0. The fourth-order valence-electron chi connectivity index (χ4n) is 2.91. The number of ether oxygens (including phenoxy) is 1. The Bertz CT molecular complexity index is 264. The lowest BCUT2D eigenvalue weighted by Gasteiger charge is -2.43. The van der Waals surface area contributed by atoms with Crippen molar-refractivity contribution in [3.05, 3.63) is 0 Å². The summed E-state index contributed by atoms with van der Waals surface area (Å²) in [6, 6.07) is 0.549. The van der Waals surface area contributed by atoms with Crippen LogP contribution >= 0.6 is 0 Å². The van der Waals surface area contributed by atoms with Gasteiger partial charge in [-0.1, -0.05) is 0 Å². The number of rotatable bonds is 3. The maximum Gasteiger partial charge on any atom is 0.127 e. The zero-order valence-electron chi connectivity index (χ0n) is 11.0. The molecular formula is C13H24N2O2. The highest BCUT2D eigenvalue weighted by molar-refractivity contribution is 5.60. The van der Waals surface area contributed by atoms with E-state index in [0.717, 1.165) is 52.2 Å². The van der Waals surface area contributed by atoms with Crippen LogP contribution in [0.4, 0.5) is 0 Å². The Morgan fingerprint density at radius 2 is 2.06 bits per heavy atom. The monoisotopic (exact) mass is 240 g/mol. The predicted molar refractivity (Wildman–Crippen MR) is 67.1 cm³/mol. The molecule has 2 fully saturated rings. The Kier molecular flexibility index (Phi) is 4.17. The van der Waals surface area contributed by atoms with Gasteiger partial charge in [0.15, 0.2) is 0 Å². The molecular weight excluding hydrogens is 216 g/mol. The third-order valence-corrected chi connectivity index (χ3v) is 4.22. The van der Waals surface area contributed by atoms with Crippen LogP contribution in [-0.2, 0) is 9.53 Å². The highest BCUT2D eigenvalue weighted by Gasteiger charge is 2.36. The molecule has 2 aliphatic rings. The molecule has 0 bridgehead atoms. The van der Waals surface area contributed by atoms with Crippen LogP contribution in [-0.4, -0.2) is 68.6 Å². The third-order valence-electron chi connectivity index (χ3n) is 4.22. The van der Waals surface area contributed by atoms with Gasteiger partial charge in [-0.15, -0.1) is 0 Å². The van der Waals surface area contributed by atoms with Gasteiger partial charge in [0.2, 0.25) is 0 Å². The van der Waals surface area contributed by atoms with Gasteiger partial charge < -0.3 is 14.4 Å². The van der Waals surface area contributed by atoms with Crippen molar-refractivity contribution in [3.63, 3.8) is 0 Å². The van der Waals surface area contributed by atoms with E-state index in [4.69, 9.17) is 4.74 Å².